The number of benzene rings is 3. The molecule has 182 valence electrons. The van der Waals surface area contributed by atoms with Crippen LogP contribution in [0.25, 0.3) is 10.9 Å². The van der Waals surface area contributed by atoms with Gasteiger partial charge in [0.25, 0.3) is 11.8 Å². The van der Waals surface area contributed by atoms with Gasteiger partial charge in [0, 0.05) is 46.4 Å². The highest BCUT2D eigenvalue weighted by Gasteiger charge is 2.25. The third kappa shape index (κ3) is 5.43. The maximum absolute atomic E-state index is 13.4. The average molecular weight is 485 g/mol. The molecular formula is C28H25FN4O3. The van der Waals surface area contributed by atoms with Gasteiger partial charge >= 0.3 is 0 Å². The Hall–Kier alpha value is -4.46. The molecule has 4 N–H and O–H groups in total. The summed E-state index contributed by atoms with van der Waals surface area (Å²) in [5.41, 5.74) is 2.92. The molecule has 1 atom stereocenters. The fourth-order valence-corrected chi connectivity index (χ4v) is 4.04. The fraction of sp³-hybridized carbons (Fsp3) is 0.179. The molecule has 5 rings (SSSR count). The van der Waals surface area contributed by atoms with E-state index in [1.54, 1.807) is 24.3 Å². The van der Waals surface area contributed by atoms with E-state index in [4.69, 9.17) is 0 Å². The number of rotatable bonds is 8. The van der Waals surface area contributed by atoms with E-state index in [0.29, 0.717) is 11.3 Å². The van der Waals surface area contributed by atoms with Crippen LogP contribution in [0.15, 0.2) is 79.0 Å². The number of aromatic nitrogens is 1. The van der Waals surface area contributed by atoms with E-state index < -0.39 is 23.7 Å². The normalized spacial score (nSPS) is 13.7. The Balaban J connectivity index is 1.37. The maximum Gasteiger partial charge on any atom is 0.251 e. The quantitative estimate of drug-likeness (QED) is 0.302. The van der Waals surface area contributed by atoms with Gasteiger partial charge < -0.3 is 20.9 Å². The summed E-state index contributed by atoms with van der Waals surface area (Å²) in [5.74, 6) is -1.57. The van der Waals surface area contributed by atoms with Crippen molar-refractivity contribution in [2.45, 2.75) is 31.3 Å². The lowest BCUT2D eigenvalue weighted by atomic mass is 10.0. The molecule has 0 aliphatic heterocycles. The van der Waals surface area contributed by atoms with Crippen LogP contribution in [0.4, 0.5) is 10.1 Å². The molecule has 1 aliphatic rings. The van der Waals surface area contributed by atoms with E-state index in [1.807, 2.05) is 30.5 Å². The summed E-state index contributed by atoms with van der Waals surface area (Å²) < 4.78 is 13.3. The van der Waals surface area contributed by atoms with Crippen LogP contribution in [0, 0.1) is 5.82 Å². The van der Waals surface area contributed by atoms with Crippen LogP contribution in [-0.2, 0) is 11.2 Å². The fourth-order valence-electron chi connectivity index (χ4n) is 4.04. The Bertz CT molecular complexity index is 1430. The molecule has 0 saturated heterocycles. The van der Waals surface area contributed by atoms with Crippen molar-refractivity contribution in [3.05, 3.63) is 102 Å². The van der Waals surface area contributed by atoms with Gasteiger partial charge in [0.05, 0.1) is 0 Å². The van der Waals surface area contributed by atoms with E-state index >= 15 is 0 Å². The van der Waals surface area contributed by atoms with E-state index in [1.165, 1.54) is 24.3 Å². The van der Waals surface area contributed by atoms with Crippen LogP contribution in [0.3, 0.4) is 0 Å². The van der Waals surface area contributed by atoms with Gasteiger partial charge in [0.1, 0.15) is 11.9 Å². The molecule has 36 heavy (non-hydrogen) atoms. The Morgan fingerprint density at radius 1 is 0.917 bits per heavy atom. The third-order valence-corrected chi connectivity index (χ3v) is 6.13. The van der Waals surface area contributed by atoms with Crippen molar-refractivity contribution in [1.29, 1.82) is 0 Å². The van der Waals surface area contributed by atoms with E-state index in [2.05, 4.69) is 20.9 Å². The topological polar surface area (TPSA) is 103 Å². The predicted octanol–water partition coefficient (Wildman–Crippen LogP) is 4.18. The molecule has 8 heteroatoms. The summed E-state index contributed by atoms with van der Waals surface area (Å²) in [6, 6.07) is 18.8. The predicted molar refractivity (Wildman–Crippen MR) is 135 cm³/mol. The van der Waals surface area contributed by atoms with Gasteiger partial charge in [-0.3, -0.25) is 14.4 Å². The lowest BCUT2D eigenvalue weighted by molar-refractivity contribution is -0.118. The van der Waals surface area contributed by atoms with Gasteiger partial charge in [-0.25, -0.2) is 4.39 Å². The van der Waals surface area contributed by atoms with Gasteiger partial charge in [-0.15, -0.1) is 0 Å². The van der Waals surface area contributed by atoms with Crippen molar-refractivity contribution < 1.29 is 18.8 Å². The van der Waals surface area contributed by atoms with Gasteiger partial charge in [-0.05, 0) is 66.9 Å². The number of fused-ring (bicyclic) bond motifs is 1. The minimum Gasteiger partial charge on any atom is -0.361 e. The summed E-state index contributed by atoms with van der Waals surface area (Å²) in [6.07, 6.45) is 4.00. The maximum atomic E-state index is 13.4. The second kappa shape index (κ2) is 10.0. The van der Waals surface area contributed by atoms with Crippen molar-refractivity contribution in [1.82, 2.24) is 15.6 Å². The Morgan fingerprint density at radius 3 is 2.47 bits per heavy atom. The molecule has 1 aliphatic carbocycles. The summed E-state index contributed by atoms with van der Waals surface area (Å²) >= 11 is 0. The minimum atomic E-state index is -0.925. The van der Waals surface area contributed by atoms with Crippen LogP contribution >= 0.6 is 0 Å². The molecule has 1 fully saturated rings. The third-order valence-electron chi connectivity index (χ3n) is 6.13. The van der Waals surface area contributed by atoms with Gasteiger partial charge in [-0.2, -0.15) is 0 Å². The zero-order chi connectivity index (χ0) is 25.1. The number of hydrogen-bond acceptors (Lipinski definition) is 3. The van der Waals surface area contributed by atoms with Crippen LogP contribution in [0.1, 0.15) is 39.1 Å². The summed E-state index contributed by atoms with van der Waals surface area (Å²) in [6.45, 7) is 0. The van der Waals surface area contributed by atoms with Crippen LogP contribution in [0.2, 0.25) is 0 Å². The first-order chi connectivity index (χ1) is 17.5. The first-order valence-corrected chi connectivity index (χ1v) is 11.8. The van der Waals surface area contributed by atoms with E-state index in [-0.39, 0.29) is 23.9 Å². The molecule has 0 spiro atoms. The lowest BCUT2D eigenvalue weighted by Gasteiger charge is -2.19. The number of carbonyl (C=O) groups is 3. The molecule has 3 amide bonds. The smallest absolute Gasteiger partial charge is 0.251 e. The second-order valence-corrected chi connectivity index (χ2v) is 8.91. The number of nitrogens with one attached hydrogen (secondary N) is 4. The molecule has 0 unspecified atom stereocenters. The zero-order valence-corrected chi connectivity index (χ0v) is 19.4. The first-order valence-electron chi connectivity index (χ1n) is 11.8. The zero-order valence-electron chi connectivity index (χ0n) is 19.4. The van der Waals surface area contributed by atoms with Gasteiger partial charge in [-0.1, -0.05) is 24.3 Å². The molecule has 1 heterocycles. The van der Waals surface area contributed by atoms with Crippen LogP contribution in [0.5, 0.6) is 0 Å². The molecule has 3 aromatic carbocycles. The molecule has 0 bridgehead atoms. The number of aromatic amines is 1. The number of amides is 3. The van der Waals surface area contributed by atoms with Crippen molar-refractivity contribution in [2.75, 3.05) is 5.32 Å². The van der Waals surface area contributed by atoms with Crippen LogP contribution in [-0.4, -0.2) is 34.8 Å². The molecule has 1 aromatic heterocycles. The molecule has 1 saturated carbocycles. The minimum absolute atomic E-state index is 0.187. The van der Waals surface area contributed by atoms with E-state index in [9.17, 15) is 18.8 Å². The van der Waals surface area contributed by atoms with Crippen molar-refractivity contribution in [2.24, 2.45) is 0 Å². The summed E-state index contributed by atoms with van der Waals surface area (Å²) in [7, 11) is 0. The Morgan fingerprint density at radius 2 is 1.69 bits per heavy atom. The summed E-state index contributed by atoms with van der Waals surface area (Å²) in [5, 5.41) is 9.49. The first kappa shape index (κ1) is 23.3. The highest BCUT2D eigenvalue weighted by molar-refractivity contribution is 6.02. The number of H-pyrrole nitrogens is 1. The Kier molecular flexibility index (Phi) is 6.49. The molecule has 0 radical (unpaired) electrons. The van der Waals surface area contributed by atoms with Gasteiger partial charge in [0.2, 0.25) is 5.91 Å². The lowest BCUT2D eigenvalue weighted by Crippen LogP contribution is -2.45. The number of anilines is 1. The largest absolute Gasteiger partial charge is 0.361 e. The SMILES string of the molecule is O=C(NC1CC1)c1cccc(NC(=O)[C@H](Cc2c[nH]c3ccccc23)NC(=O)c2ccc(F)cc2)c1. The van der Waals surface area contributed by atoms with Gasteiger partial charge in [0.15, 0.2) is 0 Å². The molecule has 4 aromatic rings. The van der Waals surface area contributed by atoms with Crippen LogP contribution < -0.4 is 16.0 Å². The van der Waals surface area contributed by atoms with Crippen molar-refractivity contribution in [3.8, 4) is 0 Å². The molecular weight excluding hydrogens is 459 g/mol. The summed E-state index contributed by atoms with van der Waals surface area (Å²) in [4.78, 5) is 41.9. The second-order valence-electron chi connectivity index (χ2n) is 8.91. The number of carbonyl (C=O) groups excluding carboxylic acids is 3. The van der Waals surface area contributed by atoms with Crippen molar-refractivity contribution in [3.63, 3.8) is 0 Å². The standard InChI is InChI=1S/C28H25FN4O3/c29-20-10-8-17(9-11-20)26(34)33-25(15-19-16-30-24-7-2-1-6-23(19)24)28(36)32-22-5-3-4-18(14-22)27(35)31-21-12-13-21/h1-11,14,16,21,25,30H,12-13,15H2,(H,31,35)(H,32,36)(H,33,34)/t25-/m0/s1. The molecule has 7 nitrogen and oxygen atoms in total. The number of halogens is 1. The highest BCUT2D eigenvalue weighted by Crippen LogP contribution is 2.21. The average Bonchev–Trinajstić information content (AvgIpc) is 3.61. The monoisotopic (exact) mass is 484 g/mol. The highest BCUT2D eigenvalue weighted by atomic mass is 19.1. The van der Waals surface area contributed by atoms with E-state index in [0.717, 1.165) is 29.3 Å². The van der Waals surface area contributed by atoms with Crippen molar-refractivity contribution >= 4 is 34.3 Å². The number of para-hydroxylation sites is 1. The Labute approximate surface area is 207 Å². The number of hydrogen-bond donors (Lipinski definition) is 4.